The van der Waals surface area contributed by atoms with Gasteiger partial charge in [-0.25, -0.2) is 4.99 Å². The quantitative estimate of drug-likeness (QED) is 0.513. The summed E-state index contributed by atoms with van der Waals surface area (Å²) in [7, 11) is 1.55. The van der Waals surface area contributed by atoms with Gasteiger partial charge in [-0.3, -0.25) is 10.7 Å². The molecule has 0 atom stereocenters. The normalized spacial score (nSPS) is 11.2. The third-order valence-corrected chi connectivity index (χ3v) is 2.82. The molecule has 0 amide bonds. The van der Waals surface area contributed by atoms with Gasteiger partial charge in [-0.2, -0.15) is 0 Å². The molecule has 5 heteroatoms. The van der Waals surface area contributed by atoms with Crippen LogP contribution in [0.15, 0.2) is 53.5 Å². The summed E-state index contributed by atoms with van der Waals surface area (Å²) in [6.45, 7) is 0. The molecule has 0 aliphatic carbocycles. The molecule has 0 aromatic heterocycles. The Labute approximate surface area is 116 Å². The van der Waals surface area contributed by atoms with Gasteiger partial charge in [-0.05, 0) is 18.2 Å². The highest BCUT2D eigenvalue weighted by atomic mass is 35.5. The van der Waals surface area contributed by atoms with Gasteiger partial charge < -0.3 is 4.74 Å². The van der Waals surface area contributed by atoms with Gasteiger partial charge in [0.05, 0.1) is 17.8 Å². The highest BCUT2D eigenvalue weighted by molar-refractivity contribution is 6.32. The molecule has 98 valence electrons. The van der Waals surface area contributed by atoms with E-state index in [1.165, 1.54) is 0 Å². The van der Waals surface area contributed by atoms with Crippen molar-refractivity contribution in [3.63, 3.8) is 0 Å². The van der Waals surface area contributed by atoms with Gasteiger partial charge in [0.25, 0.3) is 0 Å². The topological polar surface area (TPSA) is 53.8 Å². The van der Waals surface area contributed by atoms with Crippen molar-refractivity contribution in [3.8, 4) is 5.75 Å². The number of nitrogens with one attached hydrogen (secondary N) is 1. The number of ether oxygens (including phenoxy) is 1. The molecule has 2 aromatic carbocycles. The van der Waals surface area contributed by atoms with Crippen molar-refractivity contribution < 1.29 is 9.94 Å². The maximum absolute atomic E-state index is 9.17. The van der Waals surface area contributed by atoms with E-state index < -0.39 is 0 Å². The van der Waals surface area contributed by atoms with Crippen LogP contribution in [0.4, 0.5) is 5.69 Å². The molecule has 2 rings (SSSR count). The van der Waals surface area contributed by atoms with Crippen LogP contribution in [0.2, 0.25) is 5.02 Å². The molecular weight excluding hydrogens is 264 g/mol. The summed E-state index contributed by atoms with van der Waals surface area (Å²) in [5, 5.41) is 9.64. The zero-order valence-corrected chi connectivity index (χ0v) is 11.1. The van der Waals surface area contributed by atoms with Crippen molar-refractivity contribution in [1.82, 2.24) is 5.48 Å². The molecule has 0 bridgehead atoms. The van der Waals surface area contributed by atoms with Gasteiger partial charge in [0.15, 0.2) is 5.84 Å². The lowest BCUT2D eigenvalue weighted by atomic mass is 10.2. The van der Waals surface area contributed by atoms with Gasteiger partial charge >= 0.3 is 0 Å². The summed E-state index contributed by atoms with van der Waals surface area (Å²) in [6.07, 6.45) is 0. The fraction of sp³-hybridized carbons (Fsp3) is 0.0714. The third-order valence-electron chi connectivity index (χ3n) is 2.53. The summed E-state index contributed by atoms with van der Waals surface area (Å²) in [6, 6.07) is 14.4. The second-order valence-corrected chi connectivity index (χ2v) is 4.16. The first-order valence-electron chi connectivity index (χ1n) is 5.62. The zero-order valence-electron chi connectivity index (χ0n) is 10.3. The Balaban J connectivity index is 2.36. The first-order chi connectivity index (χ1) is 9.24. The van der Waals surface area contributed by atoms with E-state index in [0.717, 1.165) is 5.56 Å². The van der Waals surface area contributed by atoms with Gasteiger partial charge in [-0.15, -0.1) is 0 Å². The van der Waals surface area contributed by atoms with E-state index in [-0.39, 0.29) is 0 Å². The van der Waals surface area contributed by atoms with Crippen molar-refractivity contribution in [3.05, 3.63) is 59.1 Å². The second-order valence-electron chi connectivity index (χ2n) is 3.76. The van der Waals surface area contributed by atoms with E-state index in [1.807, 2.05) is 30.3 Å². The van der Waals surface area contributed by atoms with E-state index in [9.17, 15) is 5.21 Å². The maximum atomic E-state index is 9.17. The number of hydrogen-bond acceptors (Lipinski definition) is 3. The lowest BCUT2D eigenvalue weighted by molar-refractivity contribution is 0.235. The number of methoxy groups -OCH3 is 1. The van der Waals surface area contributed by atoms with Crippen molar-refractivity contribution in [2.45, 2.75) is 0 Å². The fourth-order valence-corrected chi connectivity index (χ4v) is 1.86. The zero-order chi connectivity index (χ0) is 13.7. The lowest BCUT2D eigenvalue weighted by Gasteiger charge is -2.06. The number of benzene rings is 2. The first-order valence-corrected chi connectivity index (χ1v) is 6.00. The van der Waals surface area contributed by atoms with E-state index >= 15 is 0 Å². The number of hydrogen-bond donors (Lipinski definition) is 2. The molecule has 0 heterocycles. The minimum atomic E-state index is 0.349. The van der Waals surface area contributed by atoms with Crippen molar-refractivity contribution in [2.24, 2.45) is 4.99 Å². The molecule has 19 heavy (non-hydrogen) atoms. The number of rotatable bonds is 3. The molecule has 0 aliphatic rings. The van der Waals surface area contributed by atoms with E-state index in [2.05, 4.69) is 10.5 Å². The Morgan fingerprint density at radius 1 is 1.21 bits per heavy atom. The van der Waals surface area contributed by atoms with Crippen LogP contribution in [0.3, 0.4) is 0 Å². The molecule has 0 saturated carbocycles. The minimum absolute atomic E-state index is 0.349. The number of halogens is 1. The predicted molar refractivity (Wildman–Crippen MR) is 75.6 cm³/mol. The Morgan fingerprint density at radius 3 is 2.53 bits per heavy atom. The molecule has 0 spiro atoms. The SMILES string of the molecule is COc1ccc(N=C(NO)c2ccccc2)cc1Cl. The molecule has 0 aliphatic heterocycles. The van der Waals surface area contributed by atoms with Crippen LogP contribution in [0.25, 0.3) is 0 Å². The van der Waals surface area contributed by atoms with Crippen LogP contribution in [0.1, 0.15) is 5.56 Å². The minimum Gasteiger partial charge on any atom is -0.495 e. The lowest BCUT2D eigenvalue weighted by Crippen LogP contribution is -2.19. The van der Waals surface area contributed by atoms with Gasteiger partial charge in [-0.1, -0.05) is 41.9 Å². The number of nitrogens with zero attached hydrogens (tertiary/aromatic N) is 1. The summed E-state index contributed by atoms with van der Waals surface area (Å²) in [5.74, 6) is 0.931. The van der Waals surface area contributed by atoms with E-state index in [1.54, 1.807) is 25.3 Å². The molecule has 0 unspecified atom stereocenters. The average Bonchev–Trinajstić information content (AvgIpc) is 2.46. The highest BCUT2D eigenvalue weighted by Gasteiger charge is 2.04. The van der Waals surface area contributed by atoms with Gasteiger partial charge in [0.1, 0.15) is 5.75 Å². The molecule has 2 N–H and O–H groups in total. The fourth-order valence-electron chi connectivity index (χ4n) is 1.60. The predicted octanol–water partition coefficient (Wildman–Crippen LogP) is 3.41. The van der Waals surface area contributed by atoms with Crippen LogP contribution in [-0.2, 0) is 0 Å². The van der Waals surface area contributed by atoms with Gasteiger partial charge in [0.2, 0.25) is 0 Å². The largest absolute Gasteiger partial charge is 0.495 e. The van der Waals surface area contributed by atoms with Crippen molar-refractivity contribution in [2.75, 3.05) is 7.11 Å². The van der Waals surface area contributed by atoms with Crippen LogP contribution >= 0.6 is 11.6 Å². The van der Waals surface area contributed by atoms with Crippen LogP contribution in [0, 0.1) is 0 Å². The molecule has 0 fully saturated rings. The van der Waals surface area contributed by atoms with Crippen LogP contribution in [-0.4, -0.2) is 18.2 Å². The molecule has 0 saturated heterocycles. The summed E-state index contributed by atoms with van der Waals surface area (Å²) >= 11 is 6.03. The highest BCUT2D eigenvalue weighted by Crippen LogP contribution is 2.28. The van der Waals surface area contributed by atoms with Crippen LogP contribution < -0.4 is 10.2 Å². The van der Waals surface area contributed by atoms with Crippen molar-refractivity contribution in [1.29, 1.82) is 0 Å². The van der Waals surface area contributed by atoms with E-state index in [0.29, 0.717) is 22.3 Å². The monoisotopic (exact) mass is 276 g/mol. The summed E-state index contributed by atoms with van der Waals surface area (Å²) in [4.78, 5) is 4.30. The average molecular weight is 277 g/mol. The van der Waals surface area contributed by atoms with Crippen LogP contribution in [0.5, 0.6) is 5.75 Å². The Hall–Kier alpha value is -2.04. The maximum Gasteiger partial charge on any atom is 0.157 e. The third kappa shape index (κ3) is 3.24. The van der Waals surface area contributed by atoms with Gasteiger partial charge in [0, 0.05) is 5.56 Å². The molecule has 0 radical (unpaired) electrons. The summed E-state index contributed by atoms with van der Waals surface area (Å²) in [5.41, 5.74) is 3.48. The smallest absolute Gasteiger partial charge is 0.157 e. The molecule has 2 aromatic rings. The van der Waals surface area contributed by atoms with Crippen molar-refractivity contribution >= 4 is 23.1 Å². The Kier molecular flexibility index (Phi) is 4.39. The Bertz CT molecular complexity index is 585. The first kappa shape index (κ1) is 13.4. The number of amidine groups is 1. The summed E-state index contributed by atoms with van der Waals surface area (Å²) < 4.78 is 5.07. The van der Waals surface area contributed by atoms with E-state index in [4.69, 9.17) is 16.3 Å². The second kappa shape index (κ2) is 6.22. The number of hydroxylamine groups is 1. The molecular formula is C14H13ClN2O2. The standard InChI is InChI=1S/C14H13ClN2O2/c1-19-13-8-7-11(9-12(13)15)16-14(17-18)10-5-3-2-4-6-10/h2-9,18H,1H3,(H,16,17). The Morgan fingerprint density at radius 2 is 1.95 bits per heavy atom. The molecule has 4 nitrogen and oxygen atoms in total. The number of aliphatic imine (C=N–C) groups is 1.